The molecule has 0 bridgehead atoms. The van der Waals surface area contributed by atoms with E-state index in [1.165, 1.54) is 19.3 Å². The lowest BCUT2D eigenvalue weighted by Crippen LogP contribution is -2.29. The van der Waals surface area contributed by atoms with Gasteiger partial charge in [0.2, 0.25) is 0 Å². The number of pyridine rings is 1. The number of fused-ring (bicyclic) bond motifs is 1. The molecule has 1 aliphatic rings. The molecule has 0 spiro atoms. The number of nitrogens with zero attached hydrogens (tertiary/aromatic N) is 5. The van der Waals surface area contributed by atoms with Gasteiger partial charge < -0.3 is 9.72 Å². The number of piperidine rings is 1. The van der Waals surface area contributed by atoms with E-state index in [1.807, 2.05) is 24.7 Å². The Kier molecular flexibility index (Phi) is 6.24. The first-order valence-corrected chi connectivity index (χ1v) is 10.8. The predicted octanol–water partition coefficient (Wildman–Crippen LogP) is 2.68. The lowest BCUT2D eigenvalue weighted by molar-refractivity contribution is 0.183. The number of aromatic amines is 1. The third-order valence-electron chi connectivity index (χ3n) is 5.80. The van der Waals surface area contributed by atoms with Crippen LogP contribution in [0.2, 0.25) is 0 Å². The first kappa shape index (κ1) is 20.7. The molecule has 0 atom stereocenters. The monoisotopic (exact) mass is 410 g/mol. The van der Waals surface area contributed by atoms with Crippen molar-refractivity contribution in [2.75, 3.05) is 26.8 Å². The molecule has 0 aliphatic carbocycles. The van der Waals surface area contributed by atoms with Gasteiger partial charge in [-0.2, -0.15) is 5.10 Å². The Balaban J connectivity index is 1.73. The maximum atomic E-state index is 12.8. The van der Waals surface area contributed by atoms with Gasteiger partial charge in [-0.1, -0.05) is 13.3 Å². The van der Waals surface area contributed by atoms with Crippen LogP contribution in [0.4, 0.5) is 0 Å². The first-order chi connectivity index (χ1) is 14.6. The van der Waals surface area contributed by atoms with Crippen molar-refractivity contribution in [3.63, 3.8) is 0 Å². The van der Waals surface area contributed by atoms with Gasteiger partial charge in [0.25, 0.3) is 5.56 Å². The SMILES string of the molecule is CCc1c2nc(-c3cc(CN4CCCCC4)cnc3C)[nH]c(=O)c2nn1CCOC. The number of ether oxygens (including phenoxy) is 1. The molecular formula is C22H30N6O2. The molecule has 0 unspecified atom stereocenters. The topological polar surface area (TPSA) is 88.9 Å². The molecule has 4 rings (SSSR count). The number of methoxy groups -OCH3 is 1. The number of H-pyrrole nitrogens is 1. The van der Waals surface area contributed by atoms with E-state index in [-0.39, 0.29) is 5.56 Å². The predicted molar refractivity (Wildman–Crippen MR) is 116 cm³/mol. The van der Waals surface area contributed by atoms with Crippen LogP contribution in [-0.4, -0.2) is 56.4 Å². The Bertz CT molecular complexity index is 1080. The number of rotatable bonds is 7. The summed E-state index contributed by atoms with van der Waals surface area (Å²) in [5, 5.41) is 4.48. The molecule has 8 heteroatoms. The van der Waals surface area contributed by atoms with E-state index in [4.69, 9.17) is 9.72 Å². The molecule has 1 aliphatic heterocycles. The van der Waals surface area contributed by atoms with Gasteiger partial charge in [-0.3, -0.25) is 19.4 Å². The zero-order chi connectivity index (χ0) is 21.1. The van der Waals surface area contributed by atoms with Crippen LogP contribution in [0.15, 0.2) is 17.1 Å². The highest BCUT2D eigenvalue weighted by atomic mass is 16.5. The summed E-state index contributed by atoms with van der Waals surface area (Å²) in [7, 11) is 1.66. The molecule has 8 nitrogen and oxygen atoms in total. The van der Waals surface area contributed by atoms with Crippen LogP contribution >= 0.6 is 0 Å². The van der Waals surface area contributed by atoms with Crippen LogP contribution in [0, 0.1) is 6.92 Å². The summed E-state index contributed by atoms with van der Waals surface area (Å²) in [6, 6.07) is 2.11. The molecule has 30 heavy (non-hydrogen) atoms. The van der Waals surface area contributed by atoms with Gasteiger partial charge >= 0.3 is 0 Å². The summed E-state index contributed by atoms with van der Waals surface area (Å²) in [5.74, 6) is 0.555. The van der Waals surface area contributed by atoms with E-state index < -0.39 is 0 Å². The van der Waals surface area contributed by atoms with E-state index >= 15 is 0 Å². The molecule has 1 saturated heterocycles. The highest BCUT2D eigenvalue weighted by Crippen LogP contribution is 2.23. The van der Waals surface area contributed by atoms with Gasteiger partial charge in [-0.05, 0) is 50.9 Å². The lowest BCUT2D eigenvalue weighted by Gasteiger charge is -2.26. The van der Waals surface area contributed by atoms with Crippen molar-refractivity contribution in [2.24, 2.45) is 0 Å². The van der Waals surface area contributed by atoms with Crippen molar-refractivity contribution in [3.8, 4) is 11.4 Å². The summed E-state index contributed by atoms with van der Waals surface area (Å²) in [5.41, 5.74) is 4.63. The molecule has 1 N–H and O–H groups in total. The Morgan fingerprint density at radius 1 is 1.20 bits per heavy atom. The van der Waals surface area contributed by atoms with E-state index in [2.05, 4.69) is 26.0 Å². The van der Waals surface area contributed by atoms with E-state index in [1.54, 1.807) is 7.11 Å². The summed E-state index contributed by atoms with van der Waals surface area (Å²) in [6.07, 6.45) is 6.50. The highest BCUT2D eigenvalue weighted by Gasteiger charge is 2.18. The Morgan fingerprint density at radius 2 is 2.00 bits per heavy atom. The number of likely N-dealkylation sites (tertiary alicyclic amines) is 1. The molecule has 3 aromatic rings. The van der Waals surface area contributed by atoms with E-state index in [0.29, 0.717) is 30.0 Å². The standard InChI is InChI=1S/C22H30N6O2/c1-4-18-19-20(26-28(18)10-11-30-3)22(29)25-21(24-19)17-12-16(13-23-15(17)2)14-27-8-6-5-7-9-27/h12-13H,4-11,14H2,1-3H3,(H,24,25,29). The molecule has 0 saturated carbocycles. The van der Waals surface area contributed by atoms with E-state index in [9.17, 15) is 4.79 Å². The molecule has 0 aromatic carbocycles. The second-order valence-electron chi connectivity index (χ2n) is 7.94. The van der Waals surface area contributed by atoms with Crippen LogP contribution < -0.4 is 5.56 Å². The minimum Gasteiger partial charge on any atom is -0.383 e. The Hall–Kier alpha value is -2.58. The van der Waals surface area contributed by atoms with Gasteiger partial charge in [-0.15, -0.1) is 0 Å². The molecule has 1 fully saturated rings. The fourth-order valence-electron chi connectivity index (χ4n) is 4.18. The minimum absolute atomic E-state index is 0.221. The van der Waals surface area contributed by atoms with Crippen molar-refractivity contribution in [1.82, 2.24) is 29.6 Å². The molecule has 3 aromatic heterocycles. The quantitative estimate of drug-likeness (QED) is 0.644. The smallest absolute Gasteiger partial charge is 0.279 e. The summed E-state index contributed by atoms with van der Waals surface area (Å²) in [6.45, 7) is 8.27. The fraction of sp³-hybridized carbons (Fsp3) is 0.545. The van der Waals surface area contributed by atoms with Crippen molar-refractivity contribution >= 4 is 11.0 Å². The van der Waals surface area contributed by atoms with Gasteiger partial charge in [0.05, 0.1) is 18.8 Å². The van der Waals surface area contributed by atoms with Crippen LogP contribution in [0.5, 0.6) is 0 Å². The van der Waals surface area contributed by atoms with Crippen LogP contribution in [0.3, 0.4) is 0 Å². The number of aromatic nitrogens is 5. The fourth-order valence-corrected chi connectivity index (χ4v) is 4.18. The third kappa shape index (κ3) is 4.15. The average Bonchev–Trinajstić information content (AvgIpc) is 3.12. The molecule has 4 heterocycles. The number of hydrogen-bond donors (Lipinski definition) is 1. The Morgan fingerprint density at radius 3 is 2.73 bits per heavy atom. The van der Waals surface area contributed by atoms with Crippen molar-refractivity contribution in [3.05, 3.63) is 39.6 Å². The lowest BCUT2D eigenvalue weighted by atomic mass is 10.1. The zero-order valence-electron chi connectivity index (χ0n) is 18.1. The number of nitrogens with one attached hydrogen (secondary N) is 1. The Labute approximate surface area is 176 Å². The van der Waals surface area contributed by atoms with Gasteiger partial charge in [0.15, 0.2) is 5.52 Å². The van der Waals surface area contributed by atoms with Crippen LogP contribution in [0.25, 0.3) is 22.4 Å². The normalized spacial score (nSPS) is 15.2. The third-order valence-corrected chi connectivity index (χ3v) is 5.80. The summed E-state index contributed by atoms with van der Waals surface area (Å²) >= 11 is 0. The molecule has 160 valence electrons. The highest BCUT2D eigenvalue weighted by molar-refractivity contribution is 5.78. The van der Waals surface area contributed by atoms with Gasteiger partial charge in [0, 0.05) is 31.1 Å². The number of hydrogen-bond acceptors (Lipinski definition) is 6. The number of aryl methyl sites for hydroxylation is 2. The second-order valence-corrected chi connectivity index (χ2v) is 7.94. The maximum absolute atomic E-state index is 12.8. The van der Waals surface area contributed by atoms with Crippen LogP contribution in [-0.2, 0) is 24.2 Å². The largest absolute Gasteiger partial charge is 0.383 e. The van der Waals surface area contributed by atoms with E-state index in [0.717, 1.165) is 48.6 Å². The van der Waals surface area contributed by atoms with Crippen LogP contribution in [0.1, 0.15) is 43.1 Å². The summed E-state index contributed by atoms with van der Waals surface area (Å²) in [4.78, 5) is 27.6. The van der Waals surface area contributed by atoms with Crippen molar-refractivity contribution in [1.29, 1.82) is 0 Å². The second kappa shape index (κ2) is 9.06. The maximum Gasteiger partial charge on any atom is 0.279 e. The van der Waals surface area contributed by atoms with Gasteiger partial charge in [0.1, 0.15) is 11.3 Å². The van der Waals surface area contributed by atoms with Crippen molar-refractivity contribution in [2.45, 2.75) is 52.6 Å². The molecule has 0 radical (unpaired) electrons. The molecule has 0 amide bonds. The zero-order valence-corrected chi connectivity index (χ0v) is 18.1. The average molecular weight is 411 g/mol. The van der Waals surface area contributed by atoms with Crippen molar-refractivity contribution < 1.29 is 4.74 Å². The molecular weight excluding hydrogens is 380 g/mol. The van der Waals surface area contributed by atoms with Gasteiger partial charge in [-0.25, -0.2) is 4.98 Å². The first-order valence-electron chi connectivity index (χ1n) is 10.8. The summed E-state index contributed by atoms with van der Waals surface area (Å²) < 4.78 is 7.01. The minimum atomic E-state index is -0.221.